The number of nitrogens with zero attached hydrogens (tertiary/aromatic N) is 3. The molecule has 218 valence electrons. The smallest absolute Gasteiger partial charge is 0.459 e. The number of rotatable bonds is 9. The Balaban J connectivity index is 1.41. The van der Waals surface area contributed by atoms with E-state index in [0.29, 0.717) is 16.7 Å². The van der Waals surface area contributed by atoms with E-state index in [-0.39, 0.29) is 5.75 Å². The Morgan fingerprint density at radius 1 is 1.29 bits per heavy atom. The SMILES string of the molecule is COC(=O)C(C)NP(=O)(OCC1OC(n2ccc(=O)[nH]c2=O)C(C)(F)C1O)Oc1ccc2nc3ccccn3c2c1. The first kappa shape index (κ1) is 28.6. The molecule has 0 aliphatic carbocycles. The number of alkyl halides is 1. The number of hydrogen-bond donors (Lipinski definition) is 3. The summed E-state index contributed by atoms with van der Waals surface area (Å²) in [7, 11) is -3.27. The summed E-state index contributed by atoms with van der Waals surface area (Å²) in [4.78, 5) is 42.2. The fourth-order valence-electron chi connectivity index (χ4n) is 4.53. The van der Waals surface area contributed by atoms with Crippen molar-refractivity contribution in [2.45, 2.75) is 44.0 Å². The number of fused-ring (bicyclic) bond motifs is 3. The fourth-order valence-corrected chi connectivity index (χ4v) is 6.02. The minimum Gasteiger partial charge on any atom is -0.468 e. The number of nitrogens with one attached hydrogen (secondary N) is 2. The number of aromatic nitrogens is 4. The number of hydrogen-bond acceptors (Lipinski definition) is 10. The molecule has 4 heterocycles. The van der Waals surface area contributed by atoms with Gasteiger partial charge >= 0.3 is 19.4 Å². The van der Waals surface area contributed by atoms with Crippen LogP contribution in [0.4, 0.5) is 4.39 Å². The second-order valence-electron chi connectivity index (χ2n) is 9.59. The summed E-state index contributed by atoms with van der Waals surface area (Å²) in [6.45, 7) is 1.71. The van der Waals surface area contributed by atoms with Gasteiger partial charge in [-0.2, -0.15) is 5.09 Å². The third-order valence-electron chi connectivity index (χ3n) is 6.64. The average molecular weight is 591 g/mol. The van der Waals surface area contributed by atoms with Gasteiger partial charge in [-0.15, -0.1) is 0 Å². The first-order valence-electron chi connectivity index (χ1n) is 12.4. The molecule has 1 aliphatic rings. The highest BCUT2D eigenvalue weighted by Gasteiger charge is 2.56. The first-order chi connectivity index (χ1) is 19.4. The highest BCUT2D eigenvalue weighted by molar-refractivity contribution is 7.52. The highest BCUT2D eigenvalue weighted by Crippen LogP contribution is 2.48. The average Bonchev–Trinajstić information content (AvgIpc) is 3.41. The van der Waals surface area contributed by atoms with Crippen molar-refractivity contribution < 1.29 is 37.4 Å². The van der Waals surface area contributed by atoms with E-state index < -0.39 is 61.7 Å². The van der Waals surface area contributed by atoms with Crippen LogP contribution in [0, 0.1) is 0 Å². The molecule has 0 spiro atoms. The van der Waals surface area contributed by atoms with Crippen molar-refractivity contribution in [3.8, 4) is 5.75 Å². The number of benzene rings is 1. The van der Waals surface area contributed by atoms with E-state index in [1.807, 2.05) is 23.2 Å². The van der Waals surface area contributed by atoms with Gasteiger partial charge in [0.25, 0.3) is 5.56 Å². The standard InChI is InChI=1S/C25H27FN5O9P/c1-14(22(34)37-3)29-41(36,40-15-7-8-16-17(12-15)30-10-5-4-6-19(30)27-16)38-13-18-21(33)25(2,26)23(39-18)31-11-9-20(32)28-24(31)35/h4-12,14,18,21,23,33H,13H2,1-3H3,(H,29,36)(H,28,32,35). The predicted octanol–water partition coefficient (Wildman–Crippen LogP) is 1.68. The Labute approximate surface area is 231 Å². The molecule has 3 N–H and O–H groups in total. The van der Waals surface area contributed by atoms with Crippen LogP contribution < -0.4 is 20.9 Å². The number of carbonyl (C=O) groups is 1. The van der Waals surface area contributed by atoms with Gasteiger partial charge < -0.3 is 19.1 Å². The Kier molecular flexibility index (Phi) is 7.57. The topological polar surface area (TPSA) is 175 Å². The second kappa shape index (κ2) is 10.8. The molecule has 1 aliphatic heterocycles. The van der Waals surface area contributed by atoms with Gasteiger partial charge in [0, 0.05) is 24.5 Å². The molecule has 0 amide bonds. The summed E-state index contributed by atoms with van der Waals surface area (Å²) in [5.41, 5.74) is -2.20. The monoisotopic (exact) mass is 591 g/mol. The van der Waals surface area contributed by atoms with E-state index in [2.05, 4.69) is 10.1 Å². The first-order valence-corrected chi connectivity index (χ1v) is 14.0. The minimum atomic E-state index is -4.42. The zero-order valence-corrected chi connectivity index (χ0v) is 23.0. The molecule has 1 aromatic carbocycles. The summed E-state index contributed by atoms with van der Waals surface area (Å²) in [6, 6.07) is 10.0. The van der Waals surface area contributed by atoms with E-state index in [1.165, 1.54) is 13.0 Å². The van der Waals surface area contributed by atoms with Crippen LogP contribution in [0.5, 0.6) is 5.75 Å². The number of H-pyrrole nitrogens is 1. The number of esters is 1. The Morgan fingerprint density at radius 3 is 2.80 bits per heavy atom. The maximum absolute atomic E-state index is 15.6. The number of imidazole rings is 1. The Bertz CT molecular complexity index is 1770. The number of pyridine rings is 1. The molecule has 6 atom stereocenters. The van der Waals surface area contributed by atoms with Gasteiger partial charge in [0.1, 0.15) is 29.6 Å². The summed E-state index contributed by atoms with van der Waals surface area (Å²) in [6.07, 6.45) is -2.09. The van der Waals surface area contributed by atoms with Crippen LogP contribution in [-0.4, -0.2) is 67.6 Å². The van der Waals surface area contributed by atoms with E-state index in [9.17, 15) is 24.1 Å². The van der Waals surface area contributed by atoms with Gasteiger partial charge in [-0.05, 0) is 38.1 Å². The molecular weight excluding hydrogens is 564 g/mol. The third-order valence-corrected chi connectivity index (χ3v) is 8.29. The lowest BCUT2D eigenvalue weighted by atomic mass is 9.98. The van der Waals surface area contributed by atoms with Crippen molar-refractivity contribution >= 4 is 30.4 Å². The second-order valence-corrected chi connectivity index (χ2v) is 11.3. The Hall–Kier alpha value is -3.88. The van der Waals surface area contributed by atoms with Gasteiger partial charge in [0.2, 0.25) is 0 Å². The van der Waals surface area contributed by atoms with Gasteiger partial charge in [-0.3, -0.25) is 28.1 Å². The Morgan fingerprint density at radius 2 is 2.07 bits per heavy atom. The molecular formula is C25H27FN5O9P. The number of aliphatic hydroxyl groups excluding tert-OH is 1. The van der Waals surface area contributed by atoms with Crippen LogP contribution in [0.25, 0.3) is 16.7 Å². The third kappa shape index (κ3) is 5.54. The maximum Gasteiger partial charge on any atom is 0.459 e. The normalized spacial score (nSPS) is 24.8. The van der Waals surface area contributed by atoms with Crippen LogP contribution in [-0.2, 0) is 23.4 Å². The zero-order valence-electron chi connectivity index (χ0n) is 22.1. The maximum atomic E-state index is 15.6. The molecule has 41 heavy (non-hydrogen) atoms. The minimum absolute atomic E-state index is 0.0944. The lowest BCUT2D eigenvalue weighted by molar-refractivity contribution is -0.142. The van der Waals surface area contributed by atoms with E-state index in [4.69, 9.17) is 18.5 Å². The molecule has 6 unspecified atom stereocenters. The zero-order chi connectivity index (χ0) is 29.5. The summed E-state index contributed by atoms with van der Waals surface area (Å²) < 4.78 is 53.6. The molecule has 0 bridgehead atoms. The number of halogens is 1. The van der Waals surface area contributed by atoms with Gasteiger partial charge in [-0.1, -0.05) is 6.07 Å². The molecule has 0 radical (unpaired) electrons. The number of aliphatic hydroxyl groups is 1. The van der Waals surface area contributed by atoms with E-state index in [0.717, 1.165) is 30.9 Å². The van der Waals surface area contributed by atoms with Crippen molar-refractivity contribution in [3.63, 3.8) is 0 Å². The van der Waals surface area contributed by atoms with Crippen molar-refractivity contribution in [1.29, 1.82) is 0 Å². The molecule has 3 aromatic heterocycles. The van der Waals surface area contributed by atoms with Crippen molar-refractivity contribution in [3.05, 3.63) is 75.7 Å². The molecule has 14 nitrogen and oxygen atoms in total. The lowest BCUT2D eigenvalue weighted by Gasteiger charge is -2.25. The van der Waals surface area contributed by atoms with E-state index in [1.54, 1.807) is 22.7 Å². The van der Waals surface area contributed by atoms with Crippen LogP contribution in [0.3, 0.4) is 0 Å². The summed E-state index contributed by atoms with van der Waals surface area (Å²) >= 11 is 0. The number of aromatic amines is 1. The molecule has 4 aromatic rings. The highest BCUT2D eigenvalue weighted by atomic mass is 31.2. The van der Waals surface area contributed by atoms with Crippen molar-refractivity contribution in [1.82, 2.24) is 24.0 Å². The largest absolute Gasteiger partial charge is 0.468 e. The lowest BCUT2D eigenvalue weighted by Crippen LogP contribution is -2.43. The van der Waals surface area contributed by atoms with Gasteiger partial charge in [0.15, 0.2) is 11.9 Å². The van der Waals surface area contributed by atoms with Crippen LogP contribution in [0.1, 0.15) is 20.1 Å². The van der Waals surface area contributed by atoms with Gasteiger partial charge in [0.05, 0.1) is 24.8 Å². The van der Waals surface area contributed by atoms with Crippen molar-refractivity contribution in [2.75, 3.05) is 13.7 Å². The van der Waals surface area contributed by atoms with Gasteiger partial charge in [-0.25, -0.2) is 18.7 Å². The molecule has 16 heteroatoms. The fraction of sp³-hybridized carbons (Fsp3) is 0.360. The van der Waals surface area contributed by atoms with Crippen molar-refractivity contribution in [2.24, 2.45) is 0 Å². The number of ether oxygens (including phenoxy) is 2. The van der Waals surface area contributed by atoms with E-state index >= 15 is 4.39 Å². The predicted molar refractivity (Wildman–Crippen MR) is 142 cm³/mol. The number of carbonyl (C=O) groups excluding carboxylic acids is 1. The summed E-state index contributed by atoms with van der Waals surface area (Å²) in [5, 5.41) is 13.2. The number of methoxy groups -OCH3 is 1. The molecule has 5 rings (SSSR count). The quantitative estimate of drug-likeness (QED) is 0.191. The molecule has 1 saturated heterocycles. The van der Waals surface area contributed by atoms with Crippen LogP contribution in [0.15, 0.2) is 64.4 Å². The van der Waals surface area contributed by atoms with Crippen LogP contribution >= 0.6 is 7.75 Å². The summed E-state index contributed by atoms with van der Waals surface area (Å²) in [5.74, 6) is -0.669. The molecule has 0 saturated carbocycles. The van der Waals surface area contributed by atoms with Crippen LogP contribution in [0.2, 0.25) is 0 Å². The molecule has 1 fully saturated rings.